The van der Waals surface area contributed by atoms with E-state index in [0.29, 0.717) is 18.9 Å². The molecular formula is C12H16F3N. The molecule has 0 aliphatic heterocycles. The smallest absolute Gasteiger partial charge is 0.161 e. The van der Waals surface area contributed by atoms with E-state index in [9.17, 15) is 13.2 Å². The van der Waals surface area contributed by atoms with E-state index in [1.54, 1.807) is 0 Å². The summed E-state index contributed by atoms with van der Waals surface area (Å²) in [5.41, 5.74) is 0.226. The number of hydrogen-bond donors (Lipinski definition) is 1. The van der Waals surface area contributed by atoms with Gasteiger partial charge in [0.05, 0.1) is 0 Å². The van der Waals surface area contributed by atoms with Gasteiger partial charge in [-0.2, -0.15) is 0 Å². The molecule has 0 aromatic heterocycles. The van der Waals surface area contributed by atoms with Gasteiger partial charge in [-0.25, -0.2) is 13.2 Å². The van der Waals surface area contributed by atoms with Crippen LogP contribution in [0.25, 0.3) is 0 Å². The summed E-state index contributed by atoms with van der Waals surface area (Å²) >= 11 is 0. The average molecular weight is 231 g/mol. The molecule has 1 aromatic rings. The minimum atomic E-state index is -1.14. The summed E-state index contributed by atoms with van der Waals surface area (Å²) in [5, 5.41) is 3.17. The normalized spacial score (nSPS) is 12.8. The van der Waals surface area contributed by atoms with Gasteiger partial charge in [0, 0.05) is 12.1 Å². The van der Waals surface area contributed by atoms with Crippen LogP contribution in [-0.4, -0.2) is 12.6 Å². The first-order valence-corrected chi connectivity index (χ1v) is 5.41. The van der Waals surface area contributed by atoms with Gasteiger partial charge in [0.2, 0.25) is 0 Å². The lowest BCUT2D eigenvalue weighted by molar-refractivity contribution is 0.482. The molecule has 0 amide bonds. The molecule has 0 bridgehead atoms. The highest BCUT2D eigenvalue weighted by atomic mass is 19.2. The second-order valence-corrected chi connectivity index (χ2v) is 3.86. The number of aryl methyl sites for hydroxylation is 1. The van der Waals surface area contributed by atoms with Gasteiger partial charge < -0.3 is 5.32 Å². The van der Waals surface area contributed by atoms with E-state index in [1.165, 1.54) is 0 Å². The third-order valence-electron chi connectivity index (χ3n) is 2.49. The molecule has 0 saturated heterocycles. The summed E-state index contributed by atoms with van der Waals surface area (Å²) in [6.07, 6.45) is 1.09. The first kappa shape index (κ1) is 13.0. The van der Waals surface area contributed by atoms with Crippen LogP contribution in [0.4, 0.5) is 13.2 Å². The van der Waals surface area contributed by atoms with Crippen molar-refractivity contribution in [2.75, 3.05) is 6.54 Å². The topological polar surface area (TPSA) is 12.0 Å². The first-order valence-electron chi connectivity index (χ1n) is 5.41. The van der Waals surface area contributed by atoms with Crippen molar-refractivity contribution >= 4 is 0 Å². The molecule has 1 N–H and O–H groups in total. The SMILES string of the molecule is CCNC(C)CCc1cc(F)c(F)cc1F. The van der Waals surface area contributed by atoms with E-state index in [0.717, 1.165) is 12.6 Å². The van der Waals surface area contributed by atoms with Gasteiger partial charge in [-0.05, 0) is 37.9 Å². The fraction of sp³-hybridized carbons (Fsp3) is 0.500. The van der Waals surface area contributed by atoms with E-state index in [1.807, 2.05) is 13.8 Å². The number of rotatable bonds is 5. The Morgan fingerprint density at radius 3 is 2.38 bits per heavy atom. The van der Waals surface area contributed by atoms with Crippen LogP contribution in [0.5, 0.6) is 0 Å². The van der Waals surface area contributed by atoms with Crippen molar-refractivity contribution in [3.8, 4) is 0 Å². The second kappa shape index (κ2) is 5.89. The lowest BCUT2D eigenvalue weighted by atomic mass is 10.1. The Morgan fingerprint density at radius 1 is 1.12 bits per heavy atom. The predicted molar refractivity (Wildman–Crippen MR) is 57.8 cm³/mol. The Morgan fingerprint density at radius 2 is 1.75 bits per heavy atom. The Bertz CT molecular complexity index is 352. The maximum atomic E-state index is 13.2. The minimum absolute atomic E-state index is 0.226. The molecule has 0 heterocycles. The summed E-state index contributed by atoms with van der Waals surface area (Å²) < 4.78 is 38.8. The van der Waals surface area contributed by atoms with Gasteiger partial charge in [-0.1, -0.05) is 6.92 Å². The third-order valence-corrected chi connectivity index (χ3v) is 2.49. The van der Waals surface area contributed by atoms with Crippen molar-refractivity contribution in [3.05, 3.63) is 35.1 Å². The maximum Gasteiger partial charge on any atom is 0.161 e. The largest absolute Gasteiger partial charge is 0.315 e. The van der Waals surface area contributed by atoms with Crippen LogP contribution in [0.2, 0.25) is 0 Å². The molecule has 1 rings (SSSR count). The zero-order valence-corrected chi connectivity index (χ0v) is 9.49. The van der Waals surface area contributed by atoms with E-state index < -0.39 is 17.5 Å². The molecule has 1 atom stereocenters. The van der Waals surface area contributed by atoms with Gasteiger partial charge >= 0.3 is 0 Å². The first-order chi connectivity index (χ1) is 7.54. The summed E-state index contributed by atoms with van der Waals surface area (Å²) in [6, 6.07) is 1.77. The van der Waals surface area contributed by atoms with E-state index >= 15 is 0 Å². The molecule has 0 fully saturated rings. The molecule has 0 spiro atoms. The highest BCUT2D eigenvalue weighted by Crippen LogP contribution is 2.15. The number of halogens is 3. The van der Waals surface area contributed by atoms with Crippen molar-refractivity contribution in [3.63, 3.8) is 0 Å². The summed E-state index contributed by atoms with van der Waals surface area (Å²) in [4.78, 5) is 0. The van der Waals surface area contributed by atoms with Crippen LogP contribution in [0.1, 0.15) is 25.8 Å². The van der Waals surface area contributed by atoms with Crippen molar-refractivity contribution in [2.24, 2.45) is 0 Å². The number of hydrogen-bond acceptors (Lipinski definition) is 1. The van der Waals surface area contributed by atoms with Crippen molar-refractivity contribution in [1.82, 2.24) is 5.32 Å². The number of benzene rings is 1. The highest BCUT2D eigenvalue weighted by molar-refractivity contribution is 5.20. The molecular weight excluding hydrogens is 215 g/mol. The maximum absolute atomic E-state index is 13.2. The molecule has 0 saturated carbocycles. The van der Waals surface area contributed by atoms with Crippen molar-refractivity contribution < 1.29 is 13.2 Å². The fourth-order valence-corrected chi connectivity index (χ4v) is 1.58. The van der Waals surface area contributed by atoms with Crippen molar-refractivity contribution in [1.29, 1.82) is 0 Å². The van der Waals surface area contributed by atoms with E-state index in [2.05, 4.69) is 5.32 Å². The van der Waals surface area contributed by atoms with Gasteiger partial charge in [0.15, 0.2) is 11.6 Å². The quantitative estimate of drug-likeness (QED) is 0.768. The molecule has 16 heavy (non-hydrogen) atoms. The van der Waals surface area contributed by atoms with Crippen LogP contribution in [0.15, 0.2) is 12.1 Å². The fourth-order valence-electron chi connectivity index (χ4n) is 1.58. The lowest BCUT2D eigenvalue weighted by Gasteiger charge is -2.12. The van der Waals surface area contributed by atoms with Crippen LogP contribution in [-0.2, 0) is 6.42 Å². The predicted octanol–water partition coefficient (Wildman–Crippen LogP) is 3.03. The molecule has 1 nitrogen and oxygen atoms in total. The number of nitrogens with one attached hydrogen (secondary N) is 1. The summed E-state index contributed by atoms with van der Waals surface area (Å²) in [7, 11) is 0. The highest BCUT2D eigenvalue weighted by Gasteiger charge is 2.10. The molecule has 1 unspecified atom stereocenters. The van der Waals surface area contributed by atoms with Gasteiger partial charge in [-0.3, -0.25) is 0 Å². The van der Waals surface area contributed by atoms with Gasteiger partial charge in [0.25, 0.3) is 0 Å². The average Bonchev–Trinajstić information content (AvgIpc) is 2.22. The van der Waals surface area contributed by atoms with Gasteiger partial charge in [-0.15, -0.1) is 0 Å². The monoisotopic (exact) mass is 231 g/mol. The minimum Gasteiger partial charge on any atom is -0.315 e. The molecule has 90 valence electrons. The molecule has 4 heteroatoms. The lowest BCUT2D eigenvalue weighted by Crippen LogP contribution is -2.26. The summed E-state index contributed by atoms with van der Waals surface area (Å²) in [5.74, 6) is -2.81. The van der Waals surface area contributed by atoms with Crippen LogP contribution in [0, 0.1) is 17.5 Å². The van der Waals surface area contributed by atoms with Crippen molar-refractivity contribution in [2.45, 2.75) is 32.7 Å². The van der Waals surface area contributed by atoms with Crippen LogP contribution >= 0.6 is 0 Å². The molecule has 1 aromatic carbocycles. The Kier molecular flexibility index (Phi) is 4.80. The zero-order valence-electron chi connectivity index (χ0n) is 9.49. The molecule has 0 aliphatic carbocycles. The standard InChI is InChI=1S/C12H16F3N/c1-3-16-8(2)4-5-9-6-11(14)12(15)7-10(9)13/h6-8,16H,3-5H2,1-2H3. The zero-order chi connectivity index (χ0) is 12.1. The molecule has 0 radical (unpaired) electrons. The Hall–Kier alpha value is -1.03. The van der Waals surface area contributed by atoms with Crippen LogP contribution < -0.4 is 5.32 Å². The van der Waals surface area contributed by atoms with E-state index in [4.69, 9.17) is 0 Å². The van der Waals surface area contributed by atoms with Gasteiger partial charge in [0.1, 0.15) is 5.82 Å². The Balaban J connectivity index is 2.63. The Labute approximate surface area is 93.7 Å². The summed E-state index contributed by atoms with van der Waals surface area (Å²) in [6.45, 7) is 4.79. The molecule has 0 aliphatic rings. The van der Waals surface area contributed by atoms with Crippen LogP contribution in [0.3, 0.4) is 0 Å². The third kappa shape index (κ3) is 3.52. The van der Waals surface area contributed by atoms with E-state index in [-0.39, 0.29) is 11.6 Å². The second-order valence-electron chi connectivity index (χ2n) is 3.86.